The van der Waals surface area contributed by atoms with E-state index in [0.717, 1.165) is 16.7 Å². The number of ether oxygens (including phenoxy) is 1. The van der Waals surface area contributed by atoms with Gasteiger partial charge in [0.25, 0.3) is 0 Å². The van der Waals surface area contributed by atoms with E-state index in [1.54, 1.807) is 37.1 Å². The van der Waals surface area contributed by atoms with E-state index in [2.05, 4.69) is 0 Å². The maximum Gasteiger partial charge on any atom is 0.247 e. The fourth-order valence-corrected chi connectivity index (χ4v) is 5.73. The first-order valence-corrected chi connectivity index (χ1v) is 12.2. The fraction of sp³-hybridized carbons (Fsp3) is 0.458. The summed E-state index contributed by atoms with van der Waals surface area (Å²) < 4.78 is 34.7. The number of fused-ring (bicyclic) bond motifs is 1. The Kier molecular flexibility index (Phi) is 7.27. The predicted octanol–water partition coefficient (Wildman–Crippen LogP) is 2.91. The highest BCUT2D eigenvalue weighted by Gasteiger charge is 2.38. The number of sulfonamides is 1. The highest BCUT2D eigenvalue weighted by Crippen LogP contribution is 2.37. The molecular weight excluding hydrogens is 428 g/mol. The molecule has 8 heteroatoms. The molecule has 1 heterocycles. The van der Waals surface area contributed by atoms with E-state index in [1.165, 1.54) is 11.2 Å². The summed E-state index contributed by atoms with van der Waals surface area (Å²) >= 11 is 0. The van der Waals surface area contributed by atoms with Crippen LogP contribution in [0.5, 0.6) is 5.75 Å². The van der Waals surface area contributed by atoms with Crippen molar-refractivity contribution in [1.82, 2.24) is 9.21 Å². The van der Waals surface area contributed by atoms with Crippen LogP contribution < -0.4 is 4.74 Å². The number of benzene rings is 2. The lowest BCUT2D eigenvalue weighted by atomic mass is 10.00. The van der Waals surface area contributed by atoms with Crippen molar-refractivity contribution in [3.63, 3.8) is 0 Å². The maximum atomic E-state index is 13.5. The lowest BCUT2D eigenvalue weighted by Gasteiger charge is -2.37. The third kappa shape index (κ3) is 4.82. The second-order valence-electron chi connectivity index (χ2n) is 8.62. The molecular formula is C24H32N2O5S. The van der Waals surface area contributed by atoms with Crippen LogP contribution in [0.15, 0.2) is 47.4 Å². The van der Waals surface area contributed by atoms with Crippen LogP contribution in [0.1, 0.15) is 26.3 Å². The lowest BCUT2D eigenvalue weighted by molar-refractivity contribution is -0.129. The molecule has 174 valence electrons. The van der Waals surface area contributed by atoms with Crippen LogP contribution in [-0.4, -0.2) is 67.5 Å². The van der Waals surface area contributed by atoms with Crippen LogP contribution in [0.2, 0.25) is 0 Å². The Hall–Kier alpha value is -2.42. The van der Waals surface area contributed by atoms with E-state index >= 15 is 0 Å². The van der Waals surface area contributed by atoms with Gasteiger partial charge in [-0.1, -0.05) is 37.3 Å². The second-order valence-corrected chi connectivity index (χ2v) is 10.5. The zero-order chi connectivity index (χ0) is 23.6. The van der Waals surface area contributed by atoms with Gasteiger partial charge >= 0.3 is 0 Å². The van der Waals surface area contributed by atoms with Crippen molar-refractivity contribution in [2.45, 2.75) is 44.7 Å². The Morgan fingerprint density at radius 3 is 2.59 bits per heavy atom. The number of amides is 1. The van der Waals surface area contributed by atoms with Crippen LogP contribution >= 0.6 is 0 Å². The maximum absolute atomic E-state index is 13.5. The molecule has 1 aliphatic heterocycles. The summed E-state index contributed by atoms with van der Waals surface area (Å²) in [6.07, 6.45) is -0.418. The second kappa shape index (κ2) is 9.60. The molecule has 1 amide bonds. The zero-order valence-electron chi connectivity index (χ0n) is 19.3. The van der Waals surface area contributed by atoms with Gasteiger partial charge in [-0.05, 0) is 42.7 Å². The summed E-state index contributed by atoms with van der Waals surface area (Å²) in [5.74, 6) is -0.0461. The van der Waals surface area contributed by atoms with Gasteiger partial charge in [-0.15, -0.1) is 0 Å². The molecule has 3 rings (SSSR count). The van der Waals surface area contributed by atoms with Gasteiger partial charge in [0.15, 0.2) is 0 Å². The molecule has 32 heavy (non-hydrogen) atoms. The molecule has 2 aromatic carbocycles. The zero-order valence-corrected chi connectivity index (χ0v) is 20.1. The first kappa shape index (κ1) is 24.2. The molecule has 0 saturated heterocycles. The van der Waals surface area contributed by atoms with Crippen molar-refractivity contribution >= 4 is 15.9 Å². The van der Waals surface area contributed by atoms with Gasteiger partial charge in [-0.2, -0.15) is 4.31 Å². The largest absolute Gasteiger partial charge is 0.487 e. The summed E-state index contributed by atoms with van der Waals surface area (Å²) in [7, 11) is -2.20. The minimum absolute atomic E-state index is 0.0671. The minimum Gasteiger partial charge on any atom is -0.487 e. The molecule has 0 bridgehead atoms. The highest BCUT2D eigenvalue weighted by atomic mass is 32.2. The Bertz CT molecular complexity index is 1090. The highest BCUT2D eigenvalue weighted by molar-refractivity contribution is 7.89. The van der Waals surface area contributed by atoms with Crippen molar-refractivity contribution in [2.24, 2.45) is 5.92 Å². The Morgan fingerprint density at radius 2 is 1.97 bits per heavy atom. The summed E-state index contributed by atoms with van der Waals surface area (Å²) in [6, 6.07) is 12.4. The molecule has 1 N–H and O–H groups in total. The summed E-state index contributed by atoms with van der Waals surface area (Å²) in [5.41, 5.74) is 2.91. The van der Waals surface area contributed by atoms with Crippen LogP contribution in [-0.2, 0) is 14.8 Å². The number of aryl methyl sites for hydroxylation is 1. The van der Waals surface area contributed by atoms with Gasteiger partial charge in [-0.25, -0.2) is 8.42 Å². The molecule has 0 aliphatic carbocycles. The third-order valence-electron chi connectivity index (χ3n) is 6.11. The van der Waals surface area contributed by atoms with E-state index in [4.69, 9.17) is 4.74 Å². The van der Waals surface area contributed by atoms with E-state index < -0.39 is 22.2 Å². The molecule has 0 unspecified atom stereocenters. The number of carbonyl (C=O) groups is 1. The fourth-order valence-electron chi connectivity index (χ4n) is 3.91. The Morgan fingerprint density at radius 1 is 1.28 bits per heavy atom. The van der Waals surface area contributed by atoms with E-state index in [9.17, 15) is 18.3 Å². The summed E-state index contributed by atoms with van der Waals surface area (Å²) in [6.45, 7) is 7.29. The molecule has 0 aromatic heterocycles. The van der Waals surface area contributed by atoms with Gasteiger partial charge in [0.1, 0.15) is 16.7 Å². The molecule has 3 atom stereocenters. The van der Waals surface area contributed by atoms with E-state index in [-0.39, 0.29) is 35.6 Å². The first-order chi connectivity index (χ1) is 15.1. The number of likely N-dealkylation sites (N-methyl/N-ethyl adjacent to an activating group) is 1. The average Bonchev–Trinajstić information content (AvgIpc) is 2.75. The van der Waals surface area contributed by atoms with E-state index in [0.29, 0.717) is 6.54 Å². The molecule has 7 nitrogen and oxygen atoms in total. The Balaban J connectivity index is 2.16. The molecule has 2 aromatic rings. The standard InChI is InChI=1S/C24H32N2O5S/c1-16-8-6-7-9-21(16)20-10-11-24-22(12-20)31-23(14-25(5)19(4)28)17(2)13-26(18(3)15-27)32(24,29)30/h6-12,17-18,23,27H,13-15H2,1-5H3/t17-,18-,23+/m1/s1. The average molecular weight is 461 g/mol. The lowest BCUT2D eigenvalue weighted by Crippen LogP contribution is -2.50. The smallest absolute Gasteiger partial charge is 0.247 e. The van der Waals surface area contributed by atoms with Gasteiger partial charge in [-0.3, -0.25) is 4.79 Å². The van der Waals surface area contributed by atoms with Crippen LogP contribution in [0.3, 0.4) is 0 Å². The molecule has 0 radical (unpaired) electrons. The predicted molar refractivity (Wildman–Crippen MR) is 124 cm³/mol. The first-order valence-electron chi connectivity index (χ1n) is 10.8. The third-order valence-corrected chi connectivity index (χ3v) is 8.13. The van der Waals surface area contributed by atoms with Crippen molar-refractivity contribution in [3.8, 4) is 16.9 Å². The van der Waals surface area contributed by atoms with Gasteiger partial charge in [0.2, 0.25) is 15.9 Å². The topological polar surface area (TPSA) is 87.2 Å². The van der Waals surface area contributed by atoms with Crippen LogP contribution in [0, 0.1) is 12.8 Å². The number of aliphatic hydroxyl groups is 1. The van der Waals surface area contributed by atoms with Crippen molar-refractivity contribution in [1.29, 1.82) is 0 Å². The van der Waals surface area contributed by atoms with Crippen molar-refractivity contribution in [2.75, 3.05) is 26.7 Å². The summed E-state index contributed by atoms with van der Waals surface area (Å²) in [4.78, 5) is 13.5. The SMILES string of the molecule is CC(=O)N(C)C[C@@H]1Oc2cc(-c3ccccc3C)ccc2S(=O)(=O)N([C@H](C)CO)C[C@H]1C. The number of nitrogens with zero attached hydrogens (tertiary/aromatic N) is 2. The number of carbonyl (C=O) groups excluding carboxylic acids is 1. The number of hydrogen-bond donors (Lipinski definition) is 1. The molecule has 1 aliphatic rings. The van der Waals surface area contributed by atoms with Gasteiger partial charge < -0.3 is 14.7 Å². The minimum atomic E-state index is -3.90. The number of hydrogen-bond acceptors (Lipinski definition) is 5. The molecule has 0 spiro atoms. The number of rotatable bonds is 5. The van der Waals surface area contributed by atoms with Crippen LogP contribution in [0.25, 0.3) is 11.1 Å². The molecule has 0 fully saturated rings. The number of aliphatic hydroxyl groups excluding tert-OH is 1. The Labute approximate surface area is 190 Å². The quantitative estimate of drug-likeness (QED) is 0.741. The van der Waals surface area contributed by atoms with Gasteiger partial charge in [0, 0.05) is 32.5 Å². The van der Waals surface area contributed by atoms with Gasteiger partial charge in [0.05, 0.1) is 13.2 Å². The normalized spacial score (nSPS) is 21.6. The van der Waals surface area contributed by atoms with Crippen molar-refractivity contribution < 1.29 is 23.1 Å². The monoisotopic (exact) mass is 460 g/mol. The van der Waals surface area contributed by atoms with Crippen LogP contribution in [0.4, 0.5) is 0 Å². The summed E-state index contributed by atoms with van der Waals surface area (Å²) in [5, 5.41) is 9.73. The molecule has 0 saturated carbocycles. The van der Waals surface area contributed by atoms with Crippen molar-refractivity contribution in [3.05, 3.63) is 48.0 Å². The van der Waals surface area contributed by atoms with E-state index in [1.807, 2.05) is 38.1 Å².